The normalized spacial score (nSPS) is 12.4. The zero-order valence-corrected chi connectivity index (χ0v) is 18.5. The number of nitrogens with one attached hydrogen (secondary N) is 2. The van der Waals surface area contributed by atoms with Gasteiger partial charge >= 0.3 is 6.18 Å². The maximum atomic E-state index is 12.6. The number of hydrogen-bond donors (Lipinski definition) is 3. The van der Waals surface area contributed by atoms with Gasteiger partial charge in [0.1, 0.15) is 18.5 Å². The highest BCUT2D eigenvalue weighted by molar-refractivity contribution is 7.71. The molecule has 1 aromatic heterocycles. The highest BCUT2D eigenvalue weighted by atomic mass is 32.1. The fourth-order valence-electron chi connectivity index (χ4n) is 2.97. The van der Waals surface area contributed by atoms with Gasteiger partial charge in [0.15, 0.2) is 10.6 Å². The molecule has 1 heterocycles. The molecular formula is C22H23F3N4O3S. The van der Waals surface area contributed by atoms with E-state index >= 15 is 0 Å². The van der Waals surface area contributed by atoms with Crippen LogP contribution in [-0.2, 0) is 17.5 Å². The zero-order chi connectivity index (χ0) is 24.0. The van der Waals surface area contributed by atoms with Crippen LogP contribution in [0.15, 0.2) is 48.5 Å². The third-order valence-corrected chi connectivity index (χ3v) is 5.10. The van der Waals surface area contributed by atoms with E-state index in [4.69, 9.17) is 17.0 Å². The van der Waals surface area contributed by atoms with Gasteiger partial charge in [-0.05, 0) is 43.4 Å². The van der Waals surface area contributed by atoms with E-state index in [0.29, 0.717) is 17.1 Å². The lowest BCUT2D eigenvalue weighted by molar-refractivity contribution is -0.137. The van der Waals surface area contributed by atoms with Crippen LogP contribution in [0.2, 0.25) is 0 Å². The van der Waals surface area contributed by atoms with E-state index in [9.17, 15) is 23.1 Å². The summed E-state index contributed by atoms with van der Waals surface area (Å²) in [6, 6.07) is 11.9. The summed E-state index contributed by atoms with van der Waals surface area (Å²) in [7, 11) is 0. The van der Waals surface area contributed by atoms with Gasteiger partial charge in [0.05, 0.1) is 5.56 Å². The summed E-state index contributed by atoms with van der Waals surface area (Å²) in [4.78, 5) is 12.2. The van der Waals surface area contributed by atoms with E-state index in [1.54, 1.807) is 4.57 Å². The van der Waals surface area contributed by atoms with Gasteiger partial charge in [-0.15, -0.1) is 0 Å². The number of benzene rings is 2. The predicted molar refractivity (Wildman–Crippen MR) is 118 cm³/mol. The summed E-state index contributed by atoms with van der Waals surface area (Å²) >= 11 is 5.26. The molecule has 1 amide bonds. The number of aliphatic hydroxyl groups is 1. The molecule has 0 aliphatic carbocycles. The highest BCUT2D eigenvalue weighted by Gasteiger charge is 2.30. The number of halogens is 3. The quantitative estimate of drug-likeness (QED) is 0.405. The number of H-pyrrole nitrogens is 1. The molecule has 0 saturated heterocycles. The van der Waals surface area contributed by atoms with Crippen molar-refractivity contribution in [1.29, 1.82) is 0 Å². The molecule has 0 bridgehead atoms. The van der Waals surface area contributed by atoms with E-state index in [2.05, 4.69) is 15.5 Å². The number of carbonyl (C=O) groups excluding carboxylic acids is 1. The predicted octanol–water partition coefficient (Wildman–Crippen LogP) is 3.88. The molecule has 2 aromatic carbocycles. The molecule has 0 aliphatic rings. The lowest BCUT2D eigenvalue weighted by Gasteiger charge is -2.14. The van der Waals surface area contributed by atoms with Crippen molar-refractivity contribution in [3.8, 4) is 17.1 Å². The number of rotatable bonds is 9. The van der Waals surface area contributed by atoms with E-state index in [1.165, 1.54) is 12.1 Å². The van der Waals surface area contributed by atoms with Crippen LogP contribution in [0.1, 0.15) is 17.5 Å². The minimum atomic E-state index is -4.43. The van der Waals surface area contributed by atoms with E-state index in [1.807, 2.05) is 31.2 Å². The van der Waals surface area contributed by atoms with Crippen LogP contribution in [0.4, 0.5) is 13.2 Å². The Kier molecular flexibility index (Phi) is 7.88. The van der Waals surface area contributed by atoms with Gasteiger partial charge in [-0.2, -0.15) is 18.3 Å². The third kappa shape index (κ3) is 6.90. The Balaban J connectivity index is 1.45. The molecule has 0 saturated carbocycles. The minimum absolute atomic E-state index is 0.0684. The first kappa shape index (κ1) is 24.5. The molecule has 176 valence electrons. The number of aromatic nitrogens is 3. The molecule has 0 radical (unpaired) electrons. The number of amides is 1. The van der Waals surface area contributed by atoms with Gasteiger partial charge in [0.2, 0.25) is 5.91 Å². The van der Waals surface area contributed by atoms with E-state index in [0.717, 1.165) is 23.3 Å². The first-order valence-corrected chi connectivity index (χ1v) is 10.5. The first-order valence-electron chi connectivity index (χ1n) is 10.1. The zero-order valence-electron chi connectivity index (χ0n) is 17.7. The Morgan fingerprint density at radius 2 is 1.88 bits per heavy atom. The van der Waals surface area contributed by atoms with Crippen molar-refractivity contribution in [2.75, 3.05) is 13.2 Å². The standard InChI is InChI=1S/C22H23F3N4O3S/c1-14-2-4-15(5-3-14)20-27-28-21(33)29(20)11-10-19(31)26-12-17(30)13-32-18-8-6-16(7-9-18)22(23,24)25/h2-9,17,30H,10-13H2,1H3,(H,26,31)(H,28,33). The molecule has 33 heavy (non-hydrogen) atoms. The minimum Gasteiger partial charge on any atom is -0.491 e. The molecule has 3 aromatic rings. The summed E-state index contributed by atoms with van der Waals surface area (Å²) in [5, 5.41) is 19.6. The largest absolute Gasteiger partial charge is 0.491 e. The number of nitrogens with zero attached hydrogens (tertiary/aromatic N) is 2. The smallest absolute Gasteiger partial charge is 0.416 e. The van der Waals surface area contributed by atoms with Crippen molar-refractivity contribution < 1.29 is 27.8 Å². The lowest BCUT2D eigenvalue weighted by atomic mass is 10.1. The number of alkyl halides is 3. The average molecular weight is 481 g/mol. The van der Waals surface area contributed by atoms with Crippen LogP contribution in [0.5, 0.6) is 5.75 Å². The molecule has 0 spiro atoms. The summed E-state index contributed by atoms with van der Waals surface area (Å²) in [6.45, 7) is 2.02. The summed E-state index contributed by atoms with van der Waals surface area (Å²) < 4.78 is 45.1. The summed E-state index contributed by atoms with van der Waals surface area (Å²) in [5.74, 6) is 0.505. The Bertz CT molecular complexity index is 1130. The van der Waals surface area contributed by atoms with Crippen molar-refractivity contribution in [1.82, 2.24) is 20.1 Å². The average Bonchev–Trinajstić information content (AvgIpc) is 3.15. The molecule has 1 unspecified atom stereocenters. The van der Waals surface area contributed by atoms with Gasteiger partial charge in [0, 0.05) is 25.1 Å². The highest BCUT2D eigenvalue weighted by Crippen LogP contribution is 2.30. The van der Waals surface area contributed by atoms with Crippen LogP contribution < -0.4 is 10.1 Å². The molecule has 0 aliphatic heterocycles. The molecule has 3 N–H and O–H groups in total. The SMILES string of the molecule is Cc1ccc(-c2n[nH]c(=S)n2CCC(=O)NCC(O)COc2ccc(C(F)(F)F)cc2)cc1. The van der Waals surface area contributed by atoms with Gasteiger partial charge in [0.25, 0.3) is 0 Å². The Hall–Kier alpha value is -3.18. The first-order chi connectivity index (χ1) is 15.6. The third-order valence-electron chi connectivity index (χ3n) is 4.79. The van der Waals surface area contributed by atoms with Gasteiger partial charge in [-0.1, -0.05) is 29.8 Å². The fourth-order valence-corrected chi connectivity index (χ4v) is 3.20. The van der Waals surface area contributed by atoms with Crippen LogP contribution in [0.3, 0.4) is 0 Å². The molecule has 3 rings (SSSR count). The van der Waals surface area contributed by atoms with E-state index in [-0.39, 0.29) is 31.2 Å². The van der Waals surface area contributed by atoms with Gasteiger partial charge in [-0.3, -0.25) is 14.5 Å². The van der Waals surface area contributed by atoms with Crippen LogP contribution >= 0.6 is 12.2 Å². The maximum absolute atomic E-state index is 12.6. The van der Waals surface area contributed by atoms with E-state index < -0.39 is 17.8 Å². The maximum Gasteiger partial charge on any atom is 0.416 e. The van der Waals surface area contributed by atoms with Gasteiger partial charge in [-0.25, -0.2) is 0 Å². The molecular weight excluding hydrogens is 457 g/mol. The second kappa shape index (κ2) is 10.6. The molecule has 1 atom stereocenters. The Morgan fingerprint density at radius 3 is 2.52 bits per heavy atom. The van der Waals surface area contributed by atoms with Crippen LogP contribution in [0, 0.1) is 11.7 Å². The summed E-state index contributed by atoms with van der Waals surface area (Å²) in [5.41, 5.74) is 1.19. The fraction of sp³-hybridized carbons (Fsp3) is 0.318. The molecule has 7 nitrogen and oxygen atoms in total. The van der Waals surface area contributed by atoms with Crippen LogP contribution in [0.25, 0.3) is 11.4 Å². The molecule has 0 fully saturated rings. The van der Waals surface area contributed by atoms with Crippen molar-refractivity contribution in [3.63, 3.8) is 0 Å². The number of aromatic amines is 1. The van der Waals surface area contributed by atoms with Crippen molar-refractivity contribution in [3.05, 3.63) is 64.4 Å². The number of carbonyl (C=O) groups is 1. The van der Waals surface area contributed by atoms with Crippen molar-refractivity contribution in [2.45, 2.75) is 32.2 Å². The monoisotopic (exact) mass is 480 g/mol. The number of aliphatic hydroxyl groups excluding tert-OH is 1. The second-order valence-electron chi connectivity index (χ2n) is 7.41. The Labute approximate surface area is 193 Å². The van der Waals surface area contributed by atoms with Crippen LogP contribution in [-0.4, -0.2) is 45.0 Å². The lowest BCUT2D eigenvalue weighted by Crippen LogP contribution is -2.35. The molecule has 11 heteroatoms. The number of hydrogen-bond acceptors (Lipinski definition) is 5. The number of ether oxygens (including phenoxy) is 1. The Morgan fingerprint density at radius 1 is 1.21 bits per heavy atom. The van der Waals surface area contributed by atoms with Crippen molar-refractivity contribution >= 4 is 18.1 Å². The second-order valence-corrected chi connectivity index (χ2v) is 7.80. The topological polar surface area (TPSA) is 92.2 Å². The van der Waals surface area contributed by atoms with Crippen molar-refractivity contribution in [2.24, 2.45) is 0 Å². The summed E-state index contributed by atoms with van der Waals surface area (Å²) in [6.07, 6.45) is -5.35. The van der Waals surface area contributed by atoms with Gasteiger partial charge < -0.3 is 15.2 Å². The number of aryl methyl sites for hydroxylation is 1.